The van der Waals surface area contributed by atoms with Gasteiger partial charge in [0.2, 0.25) is 0 Å². The van der Waals surface area contributed by atoms with Crippen LogP contribution in [0.3, 0.4) is 0 Å². The van der Waals surface area contributed by atoms with Crippen molar-refractivity contribution >= 4 is 0 Å². The Labute approximate surface area is 112 Å². The van der Waals surface area contributed by atoms with Crippen LogP contribution in [0.4, 0.5) is 0 Å². The average molecular weight is 259 g/mol. The van der Waals surface area contributed by atoms with Crippen LogP contribution in [0.5, 0.6) is 5.75 Å². The molecule has 1 saturated heterocycles. The molecule has 0 atom stereocenters. The van der Waals surface area contributed by atoms with Gasteiger partial charge in [-0.05, 0) is 44.1 Å². The molecule has 0 aliphatic carbocycles. The molecule has 0 radical (unpaired) electrons. The van der Waals surface area contributed by atoms with Crippen LogP contribution in [-0.2, 0) is 0 Å². The van der Waals surface area contributed by atoms with Crippen LogP contribution in [0.15, 0.2) is 28.8 Å². The van der Waals surface area contributed by atoms with Crippen LogP contribution in [0.1, 0.15) is 24.6 Å². The standard InChI is InChI=1S/C14H17N3O2/c1-18-12-4-2-3-11(9-12)14-16-13(17-19-14)10-5-7-15-8-6-10/h2-4,9-10,15H,5-8H2,1H3. The van der Waals surface area contributed by atoms with Gasteiger partial charge in [-0.1, -0.05) is 11.2 Å². The Bertz CT molecular complexity index is 547. The molecule has 100 valence electrons. The smallest absolute Gasteiger partial charge is 0.258 e. The second-order valence-electron chi connectivity index (χ2n) is 4.71. The Kier molecular flexibility index (Phi) is 3.46. The Hall–Kier alpha value is -1.88. The molecule has 1 fully saturated rings. The summed E-state index contributed by atoms with van der Waals surface area (Å²) >= 11 is 0. The quantitative estimate of drug-likeness (QED) is 0.915. The van der Waals surface area contributed by atoms with E-state index in [0.717, 1.165) is 43.1 Å². The first-order chi connectivity index (χ1) is 9.36. The maximum atomic E-state index is 5.37. The third-order valence-corrected chi connectivity index (χ3v) is 3.46. The highest BCUT2D eigenvalue weighted by atomic mass is 16.5. The number of hydrogen-bond donors (Lipinski definition) is 1. The second kappa shape index (κ2) is 5.40. The topological polar surface area (TPSA) is 60.2 Å². The molecule has 2 heterocycles. The molecule has 1 aromatic carbocycles. The third-order valence-electron chi connectivity index (χ3n) is 3.46. The Morgan fingerprint density at radius 2 is 2.16 bits per heavy atom. The lowest BCUT2D eigenvalue weighted by Crippen LogP contribution is -2.27. The average Bonchev–Trinajstić information content (AvgIpc) is 2.98. The molecule has 19 heavy (non-hydrogen) atoms. The van der Waals surface area contributed by atoms with E-state index in [2.05, 4.69) is 15.5 Å². The number of rotatable bonds is 3. The van der Waals surface area contributed by atoms with Crippen molar-refractivity contribution in [3.63, 3.8) is 0 Å². The maximum Gasteiger partial charge on any atom is 0.258 e. The fraction of sp³-hybridized carbons (Fsp3) is 0.429. The summed E-state index contributed by atoms with van der Waals surface area (Å²) < 4.78 is 10.6. The zero-order valence-electron chi connectivity index (χ0n) is 10.9. The first-order valence-corrected chi connectivity index (χ1v) is 6.55. The number of benzene rings is 1. The lowest BCUT2D eigenvalue weighted by Gasteiger charge is -2.18. The van der Waals surface area contributed by atoms with Crippen molar-refractivity contribution in [2.24, 2.45) is 0 Å². The molecule has 3 rings (SSSR count). The fourth-order valence-electron chi connectivity index (χ4n) is 2.35. The van der Waals surface area contributed by atoms with E-state index in [4.69, 9.17) is 9.26 Å². The summed E-state index contributed by atoms with van der Waals surface area (Å²) in [5.74, 6) is 2.58. The van der Waals surface area contributed by atoms with Gasteiger partial charge in [-0.3, -0.25) is 0 Å². The Balaban J connectivity index is 1.83. The van der Waals surface area contributed by atoms with E-state index >= 15 is 0 Å². The zero-order valence-corrected chi connectivity index (χ0v) is 10.9. The van der Waals surface area contributed by atoms with Crippen molar-refractivity contribution in [1.29, 1.82) is 0 Å². The number of ether oxygens (including phenoxy) is 1. The molecular weight excluding hydrogens is 242 g/mol. The van der Waals surface area contributed by atoms with Gasteiger partial charge in [-0.2, -0.15) is 4.98 Å². The maximum absolute atomic E-state index is 5.37. The minimum absolute atomic E-state index is 0.407. The van der Waals surface area contributed by atoms with Crippen molar-refractivity contribution in [2.75, 3.05) is 20.2 Å². The van der Waals surface area contributed by atoms with Gasteiger partial charge in [0, 0.05) is 11.5 Å². The predicted octanol–water partition coefficient (Wildman–Crippen LogP) is 2.21. The van der Waals surface area contributed by atoms with Crippen molar-refractivity contribution in [3.05, 3.63) is 30.1 Å². The summed E-state index contributed by atoms with van der Waals surface area (Å²) in [5.41, 5.74) is 0.895. The summed E-state index contributed by atoms with van der Waals surface area (Å²) in [6.07, 6.45) is 2.13. The van der Waals surface area contributed by atoms with Gasteiger partial charge in [0.15, 0.2) is 5.82 Å². The van der Waals surface area contributed by atoms with Gasteiger partial charge in [0.25, 0.3) is 5.89 Å². The van der Waals surface area contributed by atoms with Crippen LogP contribution in [0, 0.1) is 0 Å². The minimum atomic E-state index is 0.407. The number of aromatic nitrogens is 2. The van der Waals surface area contributed by atoms with Crippen LogP contribution in [0.25, 0.3) is 11.5 Å². The summed E-state index contributed by atoms with van der Waals surface area (Å²) in [6.45, 7) is 2.04. The number of piperidine rings is 1. The third kappa shape index (κ3) is 2.61. The molecule has 0 unspecified atom stereocenters. The number of methoxy groups -OCH3 is 1. The normalized spacial score (nSPS) is 16.5. The van der Waals surface area contributed by atoms with E-state index < -0.39 is 0 Å². The van der Waals surface area contributed by atoms with Crippen molar-refractivity contribution in [3.8, 4) is 17.2 Å². The largest absolute Gasteiger partial charge is 0.497 e. The highest BCUT2D eigenvalue weighted by Gasteiger charge is 2.21. The lowest BCUT2D eigenvalue weighted by atomic mass is 9.98. The summed E-state index contributed by atoms with van der Waals surface area (Å²) in [4.78, 5) is 4.52. The molecule has 1 aromatic heterocycles. The van der Waals surface area contributed by atoms with E-state index in [0.29, 0.717) is 11.8 Å². The van der Waals surface area contributed by atoms with Crippen LogP contribution in [-0.4, -0.2) is 30.3 Å². The van der Waals surface area contributed by atoms with Gasteiger partial charge in [-0.15, -0.1) is 0 Å². The highest BCUT2D eigenvalue weighted by molar-refractivity contribution is 5.55. The van der Waals surface area contributed by atoms with E-state index in [9.17, 15) is 0 Å². The molecule has 0 amide bonds. The molecule has 5 nitrogen and oxygen atoms in total. The molecule has 0 saturated carbocycles. The monoisotopic (exact) mass is 259 g/mol. The SMILES string of the molecule is COc1cccc(-c2nc(C3CCNCC3)no2)c1. The van der Waals surface area contributed by atoms with Gasteiger partial charge in [-0.25, -0.2) is 0 Å². The van der Waals surface area contributed by atoms with E-state index in [1.54, 1.807) is 7.11 Å². The van der Waals surface area contributed by atoms with Crippen molar-refractivity contribution in [1.82, 2.24) is 15.5 Å². The van der Waals surface area contributed by atoms with Crippen LogP contribution in [0.2, 0.25) is 0 Å². The Morgan fingerprint density at radius 3 is 2.95 bits per heavy atom. The van der Waals surface area contributed by atoms with Crippen LogP contribution >= 0.6 is 0 Å². The molecule has 1 aliphatic heterocycles. The van der Waals surface area contributed by atoms with Crippen molar-refractivity contribution in [2.45, 2.75) is 18.8 Å². The van der Waals surface area contributed by atoms with E-state index in [1.165, 1.54) is 0 Å². The summed E-state index contributed by atoms with van der Waals surface area (Å²) in [5, 5.41) is 7.45. The zero-order chi connectivity index (χ0) is 13.1. The summed E-state index contributed by atoms with van der Waals surface area (Å²) in [7, 11) is 1.65. The highest BCUT2D eigenvalue weighted by Crippen LogP contribution is 2.27. The molecule has 0 bridgehead atoms. The first kappa shape index (κ1) is 12.2. The lowest BCUT2D eigenvalue weighted by molar-refractivity contribution is 0.391. The van der Waals surface area contributed by atoms with Gasteiger partial charge in [0.1, 0.15) is 5.75 Å². The minimum Gasteiger partial charge on any atom is -0.497 e. The van der Waals surface area contributed by atoms with Gasteiger partial charge < -0.3 is 14.6 Å². The van der Waals surface area contributed by atoms with Gasteiger partial charge in [0.05, 0.1) is 7.11 Å². The molecule has 1 N–H and O–H groups in total. The van der Waals surface area contributed by atoms with Crippen molar-refractivity contribution < 1.29 is 9.26 Å². The molecule has 0 spiro atoms. The molecule has 1 aliphatic rings. The molecule has 2 aromatic rings. The second-order valence-corrected chi connectivity index (χ2v) is 4.71. The number of hydrogen-bond acceptors (Lipinski definition) is 5. The fourth-order valence-corrected chi connectivity index (χ4v) is 2.35. The number of nitrogens with one attached hydrogen (secondary N) is 1. The number of nitrogens with zero attached hydrogens (tertiary/aromatic N) is 2. The van der Waals surface area contributed by atoms with E-state index in [1.807, 2.05) is 24.3 Å². The Morgan fingerprint density at radius 1 is 1.32 bits per heavy atom. The van der Waals surface area contributed by atoms with E-state index in [-0.39, 0.29) is 0 Å². The molecular formula is C14H17N3O2. The predicted molar refractivity (Wildman–Crippen MR) is 71.1 cm³/mol. The van der Waals surface area contributed by atoms with Crippen LogP contribution < -0.4 is 10.1 Å². The molecule has 5 heteroatoms. The summed E-state index contributed by atoms with van der Waals surface area (Å²) in [6, 6.07) is 7.66. The first-order valence-electron chi connectivity index (χ1n) is 6.55. The van der Waals surface area contributed by atoms with Gasteiger partial charge >= 0.3 is 0 Å².